The molecule has 1 aliphatic carbocycles. The highest BCUT2D eigenvalue weighted by molar-refractivity contribution is 7.89. The maximum Gasteiger partial charge on any atom is 0.264 e. The van der Waals surface area contributed by atoms with Crippen LogP contribution in [0.15, 0.2) is 77.8 Å². The fourth-order valence-corrected chi connectivity index (χ4v) is 4.98. The number of carbonyl (C=O) groups is 1. The molecule has 2 aromatic carbocycles. The fraction of sp³-hybridized carbons (Fsp3) is 0.150. The first-order valence-corrected chi connectivity index (χ1v) is 9.68. The second-order valence-electron chi connectivity index (χ2n) is 6.31. The standard InChI is InChI=1S/C20H16FNO3S/c21-15-9-11-16(12-10-15)26(24,25)22-13-17(14-5-2-1-3-6-14)20-18(22)7-4-8-19(20)23/h1-7,9-13,18,20H,8H2. The molecule has 0 radical (unpaired) electrons. The second kappa shape index (κ2) is 6.21. The van der Waals surface area contributed by atoms with Crippen LogP contribution in [-0.2, 0) is 14.8 Å². The van der Waals surface area contributed by atoms with E-state index in [1.165, 1.54) is 22.6 Å². The maximum atomic E-state index is 13.2. The van der Waals surface area contributed by atoms with Crippen LogP contribution in [0.1, 0.15) is 12.0 Å². The second-order valence-corrected chi connectivity index (χ2v) is 8.15. The third-order valence-electron chi connectivity index (χ3n) is 4.73. The highest BCUT2D eigenvalue weighted by atomic mass is 32.2. The van der Waals surface area contributed by atoms with Crippen molar-refractivity contribution < 1.29 is 17.6 Å². The Morgan fingerprint density at radius 2 is 1.69 bits per heavy atom. The Hall–Kier alpha value is -2.73. The van der Waals surface area contributed by atoms with Crippen LogP contribution in [0.25, 0.3) is 5.57 Å². The summed E-state index contributed by atoms with van der Waals surface area (Å²) in [6, 6.07) is 13.4. The van der Waals surface area contributed by atoms with E-state index in [9.17, 15) is 17.6 Å². The summed E-state index contributed by atoms with van der Waals surface area (Å²) in [6.07, 6.45) is 5.30. The van der Waals surface area contributed by atoms with Crippen LogP contribution < -0.4 is 0 Å². The molecular weight excluding hydrogens is 353 g/mol. The molecule has 0 bridgehead atoms. The molecule has 0 spiro atoms. The first-order valence-electron chi connectivity index (χ1n) is 8.24. The summed E-state index contributed by atoms with van der Waals surface area (Å²) in [4.78, 5) is 12.5. The average Bonchev–Trinajstić information content (AvgIpc) is 3.05. The summed E-state index contributed by atoms with van der Waals surface area (Å²) in [5.74, 6) is -1.04. The number of benzene rings is 2. The van der Waals surface area contributed by atoms with Gasteiger partial charge in [0.05, 0.1) is 16.9 Å². The zero-order chi connectivity index (χ0) is 18.3. The van der Waals surface area contributed by atoms with E-state index in [1.807, 2.05) is 30.3 Å². The molecule has 6 heteroatoms. The number of sulfonamides is 1. The Labute approximate surface area is 151 Å². The van der Waals surface area contributed by atoms with Crippen molar-refractivity contribution in [3.8, 4) is 0 Å². The molecule has 0 saturated heterocycles. The van der Waals surface area contributed by atoms with Crippen LogP contribution in [0.3, 0.4) is 0 Å². The molecular formula is C20H16FNO3S. The molecule has 1 heterocycles. The van der Waals surface area contributed by atoms with Crippen LogP contribution in [-0.4, -0.2) is 24.5 Å². The van der Waals surface area contributed by atoms with Gasteiger partial charge >= 0.3 is 0 Å². The SMILES string of the molecule is O=C1CC=CC2C1C(c1ccccc1)=CN2S(=O)(=O)c1ccc(F)cc1. The predicted octanol–water partition coefficient (Wildman–Crippen LogP) is 3.38. The van der Waals surface area contributed by atoms with Gasteiger partial charge in [-0.25, -0.2) is 12.8 Å². The number of fused-ring (bicyclic) bond motifs is 1. The number of nitrogens with zero attached hydrogens (tertiary/aromatic N) is 1. The topological polar surface area (TPSA) is 54.5 Å². The van der Waals surface area contributed by atoms with Gasteiger partial charge in [-0.3, -0.25) is 9.10 Å². The lowest BCUT2D eigenvalue weighted by atomic mass is 9.82. The van der Waals surface area contributed by atoms with Crippen molar-refractivity contribution in [1.29, 1.82) is 0 Å². The zero-order valence-corrected chi connectivity index (χ0v) is 14.6. The third-order valence-corrected chi connectivity index (χ3v) is 6.50. The van der Waals surface area contributed by atoms with E-state index in [-0.39, 0.29) is 17.1 Å². The summed E-state index contributed by atoms with van der Waals surface area (Å²) in [5, 5.41) is 0. The lowest BCUT2D eigenvalue weighted by Gasteiger charge is -2.28. The molecule has 1 aliphatic heterocycles. The van der Waals surface area contributed by atoms with Crippen molar-refractivity contribution in [2.75, 3.05) is 0 Å². The van der Waals surface area contributed by atoms with Gasteiger partial charge in [-0.05, 0) is 35.4 Å². The van der Waals surface area contributed by atoms with E-state index in [1.54, 1.807) is 12.2 Å². The van der Waals surface area contributed by atoms with E-state index in [0.717, 1.165) is 17.7 Å². The first kappa shape index (κ1) is 16.7. The van der Waals surface area contributed by atoms with Crippen molar-refractivity contribution in [1.82, 2.24) is 4.31 Å². The quantitative estimate of drug-likeness (QED) is 0.780. The summed E-state index contributed by atoms with van der Waals surface area (Å²) in [7, 11) is -3.90. The molecule has 0 fully saturated rings. The van der Waals surface area contributed by atoms with Crippen LogP contribution >= 0.6 is 0 Å². The Morgan fingerprint density at radius 1 is 1.00 bits per heavy atom. The maximum absolute atomic E-state index is 13.2. The van der Waals surface area contributed by atoms with Crippen molar-refractivity contribution in [3.05, 3.63) is 84.3 Å². The smallest absolute Gasteiger partial charge is 0.264 e. The number of rotatable bonds is 3. The molecule has 2 unspecified atom stereocenters. The molecule has 2 aromatic rings. The monoisotopic (exact) mass is 369 g/mol. The lowest BCUT2D eigenvalue weighted by Crippen LogP contribution is -2.39. The van der Waals surface area contributed by atoms with Gasteiger partial charge in [0.1, 0.15) is 11.6 Å². The summed E-state index contributed by atoms with van der Waals surface area (Å²) in [6.45, 7) is 0. The van der Waals surface area contributed by atoms with E-state index in [0.29, 0.717) is 5.57 Å². The van der Waals surface area contributed by atoms with Crippen molar-refractivity contribution >= 4 is 21.4 Å². The molecule has 4 nitrogen and oxygen atoms in total. The summed E-state index contributed by atoms with van der Waals surface area (Å²) in [5.41, 5.74) is 1.51. The van der Waals surface area contributed by atoms with Crippen LogP contribution in [0, 0.1) is 11.7 Å². The van der Waals surface area contributed by atoms with Gasteiger partial charge in [0.2, 0.25) is 0 Å². The molecule has 0 amide bonds. The minimum absolute atomic E-state index is 0.00497. The third kappa shape index (κ3) is 2.66. The Bertz CT molecular complexity index is 1010. The predicted molar refractivity (Wildman–Crippen MR) is 95.9 cm³/mol. The molecule has 0 N–H and O–H groups in total. The minimum Gasteiger partial charge on any atom is -0.299 e. The Balaban J connectivity index is 1.83. The molecule has 2 atom stereocenters. The van der Waals surface area contributed by atoms with Crippen molar-refractivity contribution in [3.63, 3.8) is 0 Å². The molecule has 0 saturated carbocycles. The number of carbonyl (C=O) groups excluding carboxylic acids is 1. The highest BCUT2D eigenvalue weighted by Gasteiger charge is 2.45. The molecule has 26 heavy (non-hydrogen) atoms. The largest absolute Gasteiger partial charge is 0.299 e. The van der Waals surface area contributed by atoms with E-state index >= 15 is 0 Å². The summed E-state index contributed by atoms with van der Waals surface area (Å²) < 4.78 is 40.6. The van der Waals surface area contributed by atoms with Gasteiger partial charge < -0.3 is 0 Å². The number of allylic oxidation sites excluding steroid dienone is 1. The molecule has 0 aromatic heterocycles. The van der Waals surface area contributed by atoms with Crippen LogP contribution in [0.5, 0.6) is 0 Å². The zero-order valence-electron chi connectivity index (χ0n) is 13.7. The highest BCUT2D eigenvalue weighted by Crippen LogP contribution is 2.41. The Kier molecular flexibility index (Phi) is 4.00. The number of ketones is 1. The minimum atomic E-state index is -3.90. The fourth-order valence-electron chi connectivity index (χ4n) is 3.49. The van der Waals surface area contributed by atoms with Gasteiger partial charge in [-0.1, -0.05) is 42.5 Å². The van der Waals surface area contributed by atoms with Gasteiger partial charge in [0.25, 0.3) is 10.0 Å². The van der Waals surface area contributed by atoms with E-state index in [4.69, 9.17) is 0 Å². The van der Waals surface area contributed by atoms with Gasteiger partial charge in [0, 0.05) is 12.6 Å². The number of halogens is 1. The number of Topliss-reactive ketones (excluding diaryl/α,β-unsaturated/α-hetero) is 1. The molecule has 4 rings (SSSR count). The number of hydrogen-bond acceptors (Lipinski definition) is 3. The summed E-state index contributed by atoms with van der Waals surface area (Å²) >= 11 is 0. The first-order chi connectivity index (χ1) is 12.5. The van der Waals surface area contributed by atoms with E-state index in [2.05, 4.69) is 0 Å². The van der Waals surface area contributed by atoms with Gasteiger partial charge in [0.15, 0.2) is 0 Å². The van der Waals surface area contributed by atoms with Gasteiger partial charge in [-0.15, -0.1) is 0 Å². The van der Waals surface area contributed by atoms with Gasteiger partial charge in [-0.2, -0.15) is 0 Å². The lowest BCUT2D eigenvalue weighted by molar-refractivity contribution is -0.121. The average molecular weight is 369 g/mol. The van der Waals surface area contributed by atoms with E-state index < -0.39 is 27.8 Å². The van der Waals surface area contributed by atoms with Crippen molar-refractivity contribution in [2.24, 2.45) is 5.92 Å². The Morgan fingerprint density at radius 3 is 2.38 bits per heavy atom. The van der Waals surface area contributed by atoms with Crippen LogP contribution in [0.4, 0.5) is 4.39 Å². The number of hydrogen-bond donors (Lipinski definition) is 0. The normalized spacial score (nSPS) is 22.3. The van der Waals surface area contributed by atoms with Crippen LogP contribution in [0.2, 0.25) is 0 Å². The molecule has 2 aliphatic rings. The molecule has 132 valence electrons. The van der Waals surface area contributed by atoms with Crippen molar-refractivity contribution in [2.45, 2.75) is 17.4 Å².